The minimum atomic E-state index is -0.305. The van der Waals surface area contributed by atoms with Crippen molar-refractivity contribution in [2.75, 3.05) is 43.7 Å². The third-order valence-corrected chi connectivity index (χ3v) is 4.65. The van der Waals surface area contributed by atoms with Crippen molar-refractivity contribution in [1.82, 2.24) is 4.98 Å². The van der Waals surface area contributed by atoms with Gasteiger partial charge in [0.2, 0.25) is 0 Å². The topological polar surface area (TPSA) is 96.6 Å². The number of pyridine rings is 1. The fourth-order valence-electron chi connectivity index (χ4n) is 3.20. The van der Waals surface area contributed by atoms with Gasteiger partial charge >= 0.3 is 0 Å². The van der Waals surface area contributed by atoms with Gasteiger partial charge in [0, 0.05) is 43.3 Å². The van der Waals surface area contributed by atoms with Gasteiger partial charge in [-0.3, -0.25) is 9.98 Å². The molecule has 1 atom stereocenters. The fraction of sp³-hybridized carbons (Fsp3) is 0.250. The number of hydrogen-bond donors (Lipinski definition) is 4. The lowest BCUT2D eigenvalue weighted by atomic mass is 10.0. The molecule has 164 valence electrons. The normalized spacial score (nSPS) is 10.9. The van der Waals surface area contributed by atoms with Gasteiger partial charge in [-0.2, -0.15) is 0 Å². The zero-order chi connectivity index (χ0) is 22.6. The van der Waals surface area contributed by atoms with E-state index in [4.69, 9.17) is 4.74 Å². The highest BCUT2D eigenvalue weighted by molar-refractivity contribution is 5.84. The molecule has 7 nitrogen and oxygen atoms in total. The van der Waals surface area contributed by atoms with Crippen LogP contribution in [0.15, 0.2) is 65.9 Å². The predicted molar refractivity (Wildman–Crippen MR) is 132 cm³/mol. The van der Waals surface area contributed by atoms with Crippen LogP contribution in [0.2, 0.25) is 0 Å². The first-order valence-electron chi connectivity index (χ1n) is 10.2. The molecule has 0 saturated carbocycles. The molecule has 0 amide bonds. The zero-order valence-corrected chi connectivity index (χ0v) is 18.6. The van der Waals surface area contributed by atoms with Gasteiger partial charge in [-0.1, -0.05) is 12.1 Å². The van der Waals surface area contributed by atoms with Gasteiger partial charge in [-0.25, -0.2) is 0 Å². The minimum Gasteiger partial charge on any atom is -0.494 e. The van der Waals surface area contributed by atoms with Crippen LogP contribution in [0.4, 0.5) is 17.1 Å². The molecule has 0 radical (unpaired) electrons. The van der Waals surface area contributed by atoms with Gasteiger partial charge < -0.3 is 26.4 Å². The number of nitrogens with one attached hydrogen (secondary N) is 3. The van der Waals surface area contributed by atoms with E-state index in [2.05, 4.69) is 56.6 Å². The first-order chi connectivity index (χ1) is 15.2. The zero-order valence-electron chi connectivity index (χ0n) is 18.6. The second kappa shape index (κ2) is 12.2. The highest BCUT2D eigenvalue weighted by Crippen LogP contribution is 2.37. The van der Waals surface area contributed by atoms with Gasteiger partial charge in [0.1, 0.15) is 11.9 Å². The van der Waals surface area contributed by atoms with Gasteiger partial charge in [-0.15, -0.1) is 0 Å². The highest BCUT2D eigenvalue weighted by atomic mass is 16.5. The Bertz CT molecular complexity index is 962. The van der Waals surface area contributed by atoms with Crippen molar-refractivity contribution in [3.05, 3.63) is 66.5 Å². The SMILES string of the molecule is C=NC(Nc1ccc(OCC)cc1-c1ccc(NC)c(NC)c1)c1cccnc1.CN. The molecule has 3 rings (SSSR count). The largest absolute Gasteiger partial charge is 0.494 e. The number of aromatic nitrogens is 1. The Kier molecular flexibility index (Phi) is 9.32. The molecule has 0 aliphatic carbocycles. The van der Waals surface area contributed by atoms with Gasteiger partial charge in [0.05, 0.1) is 18.0 Å². The molecular formula is C24H32N6O. The molecule has 1 unspecified atom stereocenters. The summed E-state index contributed by atoms with van der Waals surface area (Å²) in [4.78, 5) is 8.45. The lowest BCUT2D eigenvalue weighted by Gasteiger charge is -2.20. The lowest BCUT2D eigenvalue weighted by molar-refractivity contribution is 0.340. The molecule has 1 heterocycles. The number of benzene rings is 2. The lowest BCUT2D eigenvalue weighted by Crippen LogP contribution is -2.09. The Morgan fingerprint density at radius 1 is 1.03 bits per heavy atom. The number of hydrogen-bond acceptors (Lipinski definition) is 7. The maximum atomic E-state index is 5.74. The van der Waals surface area contributed by atoms with Crippen molar-refractivity contribution in [3.8, 4) is 16.9 Å². The summed E-state index contributed by atoms with van der Waals surface area (Å²) in [5, 5.41) is 9.93. The average Bonchev–Trinajstić information content (AvgIpc) is 2.84. The Balaban J connectivity index is 0.00000166. The van der Waals surface area contributed by atoms with Crippen LogP contribution >= 0.6 is 0 Å². The average molecular weight is 421 g/mol. The van der Waals surface area contributed by atoms with Crippen molar-refractivity contribution in [3.63, 3.8) is 0 Å². The number of ether oxygens (including phenoxy) is 1. The third kappa shape index (κ3) is 5.96. The summed E-state index contributed by atoms with van der Waals surface area (Å²) >= 11 is 0. The summed E-state index contributed by atoms with van der Waals surface area (Å²) in [7, 11) is 5.32. The molecule has 0 saturated heterocycles. The fourth-order valence-corrected chi connectivity index (χ4v) is 3.20. The number of rotatable bonds is 9. The molecule has 0 bridgehead atoms. The van der Waals surface area contributed by atoms with Gasteiger partial charge in [0.15, 0.2) is 0 Å². The van der Waals surface area contributed by atoms with E-state index in [-0.39, 0.29) is 6.17 Å². The molecule has 2 aromatic carbocycles. The standard InChI is InChI=1S/C23H27N5O.CH5N/c1-5-29-18-9-11-20(28-23(26-4)17-7-6-12-27-15-17)19(14-18)16-8-10-21(24-2)22(13-16)25-3;1-2/h6-15,23-25,28H,4-5H2,1-3H3;2H2,1H3. The Labute approximate surface area is 184 Å². The molecule has 0 aliphatic rings. The third-order valence-electron chi connectivity index (χ3n) is 4.65. The molecule has 0 fully saturated rings. The summed E-state index contributed by atoms with van der Waals surface area (Å²) < 4.78 is 5.74. The Morgan fingerprint density at radius 3 is 2.39 bits per heavy atom. The summed E-state index contributed by atoms with van der Waals surface area (Å²) in [6.07, 6.45) is 3.23. The molecule has 31 heavy (non-hydrogen) atoms. The van der Waals surface area contributed by atoms with E-state index in [1.807, 2.05) is 51.4 Å². The van der Waals surface area contributed by atoms with E-state index in [1.54, 1.807) is 12.4 Å². The Morgan fingerprint density at radius 2 is 1.77 bits per heavy atom. The number of anilines is 3. The van der Waals surface area contributed by atoms with Gasteiger partial charge in [0.25, 0.3) is 0 Å². The van der Waals surface area contributed by atoms with E-state index in [9.17, 15) is 0 Å². The first-order valence-corrected chi connectivity index (χ1v) is 10.2. The molecule has 5 N–H and O–H groups in total. The first kappa shape index (κ1) is 23.7. The smallest absolute Gasteiger partial charge is 0.145 e. The van der Waals surface area contributed by atoms with Crippen LogP contribution in [0.5, 0.6) is 5.75 Å². The molecule has 0 spiro atoms. The van der Waals surface area contributed by atoms with E-state index >= 15 is 0 Å². The van der Waals surface area contributed by atoms with Crippen LogP contribution in [0.1, 0.15) is 18.7 Å². The Hall–Kier alpha value is -3.58. The molecular weight excluding hydrogens is 388 g/mol. The van der Waals surface area contributed by atoms with Crippen LogP contribution in [0, 0.1) is 0 Å². The summed E-state index contributed by atoms with van der Waals surface area (Å²) in [5.74, 6) is 0.821. The number of nitrogens with two attached hydrogens (primary N) is 1. The maximum absolute atomic E-state index is 5.74. The second-order valence-electron chi connectivity index (χ2n) is 6.42. The number of aliphatic imine (C=N–C) groups is 1. The van der Waals surface area contributed by atoms with Crippen molar-refractivity contribution < 1.29 is 4.74 Å². The van der Waals surface area contributed by atoms with E-state index < -0.39 is 0 Å². The van der Waals surface area contributed by atoms with Crippen LogP contribution < -0.4 is 26.4 Å². The molecule has 3 aromatic rings. The van der Waals surface area contributed by atoms with E-state index in [1.165, 1.54) is 7.05 Å². The van der Waals surface area contributed by atoms with Gasteiger partial charge in [-0.05, 0) is 62.7 Å². The van der Waals surface area contributed by atoms with Crippen molar-refractivity contribution in [2.45, 2.75) is 13.1 Å². The molecule has 7 heteroatoms. The highest BCUT2D eigenvalue weighted by Gasteiger charge is 2.14. The van der Waals surface area contributed by atoms with E-state index in [0.29, 0.717) is 6.61 Å². The predicted octanol–water partition coefficient (Wildman–Crippen LogP) is 4.62. The van der Waals surface area contributed by atoms with Crippen LogP contribution in [0.25, 0.3) is 11.1 Å². The monoisotopic (exact) mass is 420 g/mol. The second-order valence-corrected chi connectivity index (χ2v) is 6.42. The minimum absolute atomic E-state index is 0.305. The van der Waals surface area contributed by atoms with Crippen molar-refractivity contribution in [1.29, 1.82) is 0 Å². The summed E-state index contributed by atoms with van der Waals surface area (Å²) in [5.41, 5.74) is 10.5. The number of nitrogens with zero attached hydrogens (tertiary/aromatic N) is 2. The van der Waals surface area contributed by atoms with Crippen LogP contribution in [0.3, 0.4) is 0 Å². The quantitative estimate of drug-likeness (QED) is 0.377. The van der Waals surface area contributed by atoms with Crippen molar-refractivity contribution in [2.24, 2.45) is 10.7 Å². The molecule has 1 aromatic heterocycles. The maximum Gasteiger partial charge on any atom is 0.145 e. The van der Waals surface area contributed by atoms with E-state index in [0.717, 1.165) is 39.5 Å². The molecule has 0 aliphatic heterocycles. The van der Waals surface area contributed by atoms with Crippen molar-refractivity contribution >= 4 is 23.8 Å². The van der Waals surface area contributed by atoms with Crippen LogP contribution in [-0.2, 0) is 0 Å². The summed E-state index contributed by atoms with van der Waals surface area (Å²) in [6, 6.07) is 16.1. The summed E-state index contributed by atoms with van der Waals surface area (Å²) in [6.45, 7) is 6.34. The van der Waals surface area contributed by atoms with Crippen LogP contribution in [-0.4, -0.2) is 39.5 Å².